The van der Waals surface area contributed by atoms with Crippen LogP contribution in [-0.2, 0) is 0 Å². The van der Waals surface area contributed by atoms with Crippen molar-refractivity contribution in [3.8, 4) is 11.1 Å². The molecule has 2 rings (SSSR count). The highest BCUT2D eigenvalue weighted by molar-refractivity contribution is 14.1. The molecule has 2 aromatic carbocycles. The van der Waals surface area contributed by atoms with Crippen LogP contribution in [0.1, 0.15) is 30.9 Å². The molecule has 0 saturated carbocycles. The number of hydrogen-bond acceptors (Lipinski definition) is 0. The fourth-order valence-corrected chi connectivity index (χ4v) is 3.35. The highest BCUT2D eigenvalue weighted by Crippen LogP contribution is 2.32. The first-order valence-corrected chi connectivity index (χ1v) is 7.03. The van der Waals surface area contributed by atoms with Gasteiger partial charge in [-0.2, -0.15) is 0 Å². The zero-order valence-corrected chi connectivity index (χ0v) is 12.7. The summed E-state index contributed by atoms with van der Waals surface area (Å²) in [6.45, 7) is 6.67. The van der Waals surface area contributed by atoms with Crippen molar-refractivity contribution in [1.82, 2.24) is 0 Å². The lowest BCUT2D eigenvalue weighted by Crippen LogP contribution is -1.95. The predicted octanol–water partition coefficient (Wildman–Crippen LogP) is 5.39. The summed E-state index contributed by atoms with van der Waals surface area (Å²) in [5, 5.41) is 0. The topological polar surface area (TPSA) is 0 Å². The van der Waals surface area contributed by atoms with Crippen molar-refractivity contribution in [3.63, 3.8) is 0 Å². The van der Waals surface area contributed by atoms with Gasteiger partial charge in [-0.3, -0.25) is 0 Å². The molecule has 0 nitrogen and oxygen atoms in total. The third-order valence-electron chi connectivity index (χ3n) is 3.09. The first-order chi connectivity index (χ1) is 8.11. The monoisotopic (exact) mass is 336 g/mol. The van der Waals surface area contributed by atoms with Crippen molar-refractivity contribution in [1.29, 1.82) is 0 Å². The Labute approximate surface area is 117 Å². The van der Waals surface area contributed by atoms with E-state index in [-0.39, 0.29) is 0 Å². The van der Waals surface area contributed by atoms with Gasteiger partial charge < -0.3 is 0 Å². The minimum atomic E-state index is 0.575. The van der Waals surface area contributed by atoms with E-state index in [4.69, 9.17) is 0 Å². The summed E-state index contributed by atoms with van der Waals surface area (Å²) < 4.78 is 1.38. The van der Waals surface area contributed by atoms with Crippen molar-refractivity contribution >= 4 is 22.6 Å². The molecule has 0 aliphatic heterocycles. The largest absolute Gasteiger partial charge is 0.0620 e. The van der Waals surface area contributed by atoms with E-state index in [9.17, 15) is 0 Å². The molecule has 0 heterocycles. The van der Waals surface area contributed by atoms with Crippen LogP contribution in [0.25, 0.3) is 11.1 Å². The highest BCUT2D eigenvalue weighted by Gasteiger charge is 2.10. The maximum absolute atomic E-state index is 2.48. The van der Waals surface area contributed by atoms with Crippen LogP contribution in [0.15, 0.2) is 42.5 Å². The molecule has 0 radical (unpaired) electrons. The molecular weight excluding hydrogens is 319 g/mol. The second-order valence-electron chi connectivity index (χ2n) is 4.68. The lowest BCUT2D eigenvalue weighted by atomic mass is 9.95. The zero-order chi connectivity index (χ0) is 12.4. The van der Waals surface area contributed by atoms with E-state index >= 15 is 0 Å². The van der Waals surface area contributed by atoms with Gasteiger partial charge in [0, 0.05) is 3.57 Å². The van der Waals surface area contributed by atoms with Gasteiger partial charge >= 0.3 is 0 Å². The molecule has 17 heavy (non-hydrogen) atoms. The summed E-state index contributed by atoms with van der Waals surface area (Å²) in [7, 11) is 0. The second-order valence-corrected chi connectivity index (χ2v) is 5.76. The van der Waals surface area contributed by atoms with Crippen LogP contribution in [0.5, 0.6) is 0 Å². The van der Waals surface area contributed by atoms with Crippen LogP contribution < -0.4 is 0 Å². The standard InChI is InChI=1S/C16H17I/c1-11(2)13-9-6-10-15(16(13)17)14-8-5-4-7-12(14)3/h4-11H,1-3H3. The fourth-order valence-electron chi connectivity index (χ4n) is 2.08. The molecule has 0 aliphatic rings. The third kappa shape index (κ3) is 2.54. The van der Waals surface area contributed by atoms with Crippen molar-refractivity contribution in [3.05, 3.63) is 57.2 Å². The van der Waals surface area contributed by atoms with E-state index in [1.165, 1.54) is 25.8 Å². The molecule has 0 amide bonds. The lowest BCUT2D eigenvalue weighted by Gasteiger charge is -2.14. The Morgan fingerprint density at radius 3 is 2.18 bits per heavy atom. The fraction of sp³-hybridized carbons (Fsp3) is 0.250. The van der Waals surface area contributed by atoms with Crippen LogP contribution >= 0.6 is 22.6 Å². The van der Waals surface area contributed by atoms with E-state index < -0.39 is 0 Å². The maximum Gasteiger partial charge on any atom is 0.0243 e. The SMILES string of the molecule is Cc1ccccc1-c1cccc(C(C)C)c1I. The summed E-state index contributed by atoms with van der Waals surface area (Å²) in [5.41, 5.74) is 5.48. The van der Waals surface area contributed by atoms with E-state index in [2.05, 4.69) is 85.8 Å². The van der Waals surface area contributed by atoms with Crippen molar-refractivity contribution in [2.75, 3.05) is 0 Å². The van der Waals surface area contributed by atoms with Gasteiger partial charge in [-0.15, -0.1) is 0 Å². The number of rotatable bonds is 2. The van der Waals surface area contributed by atoms with Crippen LogP contribution in [0.3, 0.4) is 0 Å². The Morgan fingerprint density at radius 1 is 0.882 bits per heavy atom. The average Bonchev–Trinajstić information content (AvgIpc) is 2.30. The van der Waals surface area contributed by atoms with Crippen molar-refractivity contribution in [2.24, 2.45) is 0 Å². The molecule has 0 atom stereocenters. The van der Waals surface area contributed by atoms with E-state index in [0.717, 1.165) is 0 Å². The molecule has 0 spiro atoms. The molecule has 0 aromatic heterocycles. The smallest absolute Gasteiger partial charge is 0.0243 e. The van der Waals surface area contributed by atoms with Gasteiger partial charge in [-0.05, 0) is 57.7 Å². The Balaban J connectivity index is 2.61. The van der Waals surface area contributed by atoms with Gasteiger partial charge in [0.05, 0.1) is 0 Å². The van der Waals surface area contributed by atoms with Crippen molar-refractivity contribution < 1.29 is 0 Å². The van der Waals surface area contributed by atoms with Crippen LogP contribution in [0, 0.1) is 10.5 Å². The highest BCUT2D eigenvalue weighted by atomic mass is 127. The molecule has 0 fully saturated rings. The summed E-state index contributed by atoms with van der Waals surface area (Å²) in [4.78, 5) is 0. The summed E-state index contributed by atoms with van der Waals surface area (Å²) in [6, 6.07) is 15.2. The molecule has 2 aromatic rings. The van der Waals surface area contributed by atoms with E-state index in [0.29, 0.717) is 5.92 Å². The quantitative estimate of drug-likeness (QED) is 0.645. The first kappa shape index (κ1) is 12.6. The van der Waals surface area contributed by atoms with Gasteiger partial charge in [0.25, 0.3) is 0 Å². The van der Waals surface area contributed by atoms with Gasteiger partial charge in [-0.1, -0.05) is 56.3 Å². The van der Waals surface area contributed by atoms with E-state index in [1.807, 2.05) is 0 Å². The molecule has 88 valence electrons. The third-order valence-corrected chi connectivity index (χ3v) is 4.29. The molecule has 0 saturated heterocycles. The summed E-state index contributed by atoms with van der Waals surface area (Å²) in [6.07, 6.45) is 0. The van der Waals surface area contributed by atoms with Gasteiger partial charge in [-0.25, -0.2) is 0 Å². The van der Waals surface area contributed by atoms with Gasteiger partial charge in [0.1, 0.15) is 0 Å². The number of benzene rings is 2. The van der Waals surface area contributed by atoms with Crippen LogP contribution in [-0.4, -0.2) is 0 Å². The minimum absolute atomic E-state index is 0.575. The Morgan fingerprint density at radius 2 is 1.53 bits per heavy atom. The Bertz CT molecular complexity index is 527. The second kappa shape index (κ2) is 5.21. The molecule has 0 N–H and O–H groups in total. The maximum atomic E-state index is 2.48. The van der Waals surface area contributed by atoms with Gasteiger partial charge in [0.15, 0.2) is 0 Å². The molecule has 0 aliphatic carbocycles. The zero-order valence-electron chi connectivity index (χ0n) is 10.5. The Kier molecular flexibility index (Phi) is 3.87. The lowest BCUT2D eigenvalue weighted by molar-refractivity contribution is 0.861. The summed E-state index contributed by atoms with van der Waals surface area (Å²) >= 11 is 2.48. The first-order valence-electron chi connectivity index (χ1n) is 5.95. The predicted molar refractivity (Wildman–Crippen MR) is 83.4 cm³/mol. The number of halogens is 1. The average molecular weight is 336 g/mol. The molecule has 1 heteroatoms. The summed E-state index contributed by atoms with van der Waals surface area (Å²) in [5.74, 6) is 0.575. The normalized spacial score (nSPS) is 10.9. The number of aryl methyl sites for hydroxylation is 1. The van der Waals surface area contributed by atoms with Crippen molar-refractivity contribution in [2.45, 2.75) is 26.7 Å². The molecular formula is C16H17I. The van der Waals surface area contributed by atoms with Crippen LogP contribution in [0.4, 0.5) is 0 Å². The Hall–Kier alpha value is -0.830. The van der Waals surface area contributed by atoms with E-state index in [1.54, 1.807) is 0 Å². The minimum Gasteiger partial charge on any atom is -0.0620 e. The molecule has 0 unspecified atom stereocenters. The van der Waals surface area contributed by atoms with Crippen LogP contribution in [0.2, 0.25) is 0 Å². The van der Waals surface area contributed by atoms with Gasteiger partial charge in [0.2, 0.25) is 0 Å². The number of hydrogen-bond donors (Lipinski definition) is 0. The molecule has 0 bridgehead atoms.